The van der Waals surface area contributed by atoms with E-state index < -0.39 is 11.6 Å². The second kappa shape index (κ2) is 4.08. The molecule has 6 heteroatoms. The first kappa shape index (κ1) is 10.5. The summed E-state index contributed by atoms with van der Waals surface area (Å²) in [5.74, 6) is 0.0372. The maximum Gasteiger partial charge on any atom is 0.386 e. The number of nitrogens with zero attached hydrogens (tertiary/aromatic N) is 3. The second-order valence-corrected chi connectivity index (χ2v) is 2.70. The van der Waals surface area contributed by atoms with Crippen LogP contribution in [0.5, 0.6) is 0 Å². The predicted molar refractivity (Wildman–Crippen MR) is 49.3 cm³/mol. The van der Waals surface area contributed by atoms with Crippen LogP contribution in [0.2, 0.25) is 0 Å². The first-order valence-corrected chi connectivity index (χ1v) is 4.47. The number of rotatable bonds is 3. The number of carbonyl (C=O) groups excluding carboxylic acids is 1. The molecule has 6 nitrogen and oxygen atoms in total. The van der Waals surface area contributed by atoms with Crippen molar-refractivity contribution in [1.82, 2.24) is 14.5 Å². The lowest BCUT2D eigenvalue weighted by atomic mass is 10.5. The number of hydrogen-bond acceptors (Lipinski definition) is 4. The normalized spacial score (nSPS) is 10.2. The standard InChI is InChI=1S/C8H13N3O3/c1-4-7-9-10(6(3)12)8(13)11(7)14-5-2/h4-5H2,1-3H3. The van der Waals surface area contributed by atoms with Crippen LogP contribution in [-0.2, 0) is 6.42 Å². The van der Waals surface area contributed by atoms with Crippen LogP contribution in [0.1, 0.15) is 31.4 Å². The second-order valence-electron chi connectivity index (χ2n) is 2.70. The highest BCUT2D eigenvalue weighted by Gasteiger charge is 2.14. The SMILES string of the molecule is CCOn1c(CC)nn(C(C)=O)c1=O. The molecule has 14 heavy (non-hydrogen) atoms. The van der Waals surface area contributed by atoms with E-state index in [9.17, 15) is 9.59 Å². The van der Waals surface area contributed by atoms with Crippen LogP contribution < -0.4 is 10.5 Å². The number of carbonyl (C=O) groups is 1. The lowest BCUT2D eigenvalue weighted by molar-refractivity contribution is 0.0884. The summed E-state index contributed by atoms with van der Waals surface area (Å²) < 4.78 is 1.86. The summed E-state index contributed by atoms with van der Waals surface area (Å²) in [5.41, 5.74) is -0.545. The first-order chi connectivity index (χ1) is 6.61. The first-order valence-electron chi connectivity index (χ1n) is 4.47. The van der Waals surface area contributed by atoms with Crippen molar-refractivity contribution in [2.24, 2.45) is 0 Å². The van der Waals surface area contributed by atoms with Crippen molar-refractivity contribution in [3.63, 3.8) is 0 Å². The molecule has 0 aromatic carbocycles. The van der Waals surface area contributed by atoms with Crippen LogP contribution in [0.3, 0.4) is 0 Å². The van der Waals surface area contributed by atoms with E-state index >= 15 is 0 Å². The highest BCUT2D eigenvalue weighted by molar-refractivity contribution is 5.74. The van der Waals surface area contributed by atoms with Crippen LogP contribution in [0.15, 0.2) is 4.79 Å². The number of aromatic nitrogens is 3. The Hall–Kier alpha value is -1.59. The maximum absolute atomic E-state index is 11.5. The largest absolute Gasteiger partial charge is 0.408 e. The molecule has 1 heterocycles. The Balaban J connectivity index is 3.25. The molecule has 0 saturated carbocycles. The van der Waals surface area contributed by atoms with E-state index in [2.05, 4.69) is 5.10 Å². The van der Waals surface area contributed by atoms with Gasteiger partial charge in [0.15, 0.2) is 5.82 Å². The van der Waals surface area contributed by atoms with Crippen molar-refractivity contribution in [3.8, 4) is 0 Å². The van der Waals surface area contributed by atoms with Crippen molar-refractivity contribution >= 4 is 5.91 Å². The van der Waals surface area contributed by atoms with Crippen LogP contribution >= 0.6 is 0 Å². The molecule has 0 aliphatic rings. The molecule has 0 fully saturated rings. The molecule has 0 bridgehead atoms. The quantitative estimate of drug-likeness (QED) is 0.671. The van der Waals surface area contributed by atoms with Crippen LogP contribution in [0, 0.1) is 0 Å². The van der Waals surface area contributed by atoms with Gasteiger partial charge in [-0.15, -0.1) is 14.5 Å². The van der Waals surface area contributed by atoms with E-state index in [0.717, 1.165) is 9.41 Å². The van der Waals surface area contributed by atoms with Gasteiger partial charge in [-0.3, -0.25) is 4.79 Å². The van der Waals surface area contributed by atoms with Gasteiger partial charge < -0.3 is 4.84 Å². The summed E-state index contributed by atoms with van der Waals surface area (Å²) in [6.07, 6.45) is 0.537. The molecule has 0 aliphatic carbocycles. The molecule has 1 aromatic rings. The van der Waals surface area contributed by atoms with Gasteiger partial charge in [-0.1, -0.05) is 6.92 Å². The Kier molecular flexibility index (Phi) is 3.06. The van der Waals surface area contributed by atoms with Gasteiger partial charge in [-0.2, -0.15) is 0 Å². The average Bonchev–Trinajstić information content (AvgIpc) is 2.45. The molecule has 0 atom stereocenters. The molecule has 0 saturated heterocycles. The topological polar surface area (TPSA) is 66.1 Å². The van der Waals surface area contributed by atoms with Gasteiger partial charge in [0.05, 0.1) is 0 Å². The molecular formula is C8H13N3O3. The van der Waals surface area contributed by atoms with E-state index in [-0.39, 0.29) is 0 Å². The molecule has 0 unspecified atom stereocenters. The van der Waals surface area contributed by atoms with E-state index in [4.69, 9.17) is 4.84 Å². The molecule has 0 aliphatic heterocycles. The third-order valence-electron chi connectivity index (χ3n) is 1.68. The zero-order valence-electron chi connectivity index (χ0n) is 8.48. The van der Waals surface area contributed by atoms with Crippen LogP contribution in [0.25, 0.3) is 0 Å². The number of aryl methyl sites for hydroxylation is 1. The van der Waals surface area contributed by atoms with E-state index in [0.29, 0.717) is 18.9 Å². The Morgan fingerprint density at radius 3 is 2.57 bits per heavy atom. The zero-order chi connectivity index (χ0) is 10.7. The molecular weight excluding hydrogens is 186 g/mol. The number of hydrogen-bond donors (Lipinski definition) is 0. The highest BCUT2D eigenvalue weighted by atomic mass is 16.7. The minimum Gasteiger partial charge on any atom is -0.408 e. The van der Waals surface area contributed by atoms with Gasteiger partial charge in [0.2, 0.25) is 5.91 Å². The lowest BCUT2D eigenvalue weighted by Crippen LogP contribution is -2.32. The maximum atomic E-state index is 11.5. The predicted octanol–water partition coefficient (Wildman–Crippen LogP) is -0.284. The monoisotopic (exact) mass is 199 g/mol. The minimum atomic E-state index is -0.545. The molecule has 1 aromatic heterocycles. The molecule has 0 radical (unpaired) electrons. The van der Waals surface area contributed by atoms with Crippen molar-refractivity contribution < 1.29 is 9.63 Å². The summed E-state index contributed by atoms with van der Waals surface area (Å²) in [6.45, 7) is 5.24. The minimum absolute atomic E-state index is 0.358. The summed E-state index contributed by atoms with van der Waals surface area (Å²) in [5, 5.41) is 3.84. The van der Waals surface area contributed by atoms with Crippen LogP contribution in [0.4, 0.5) is 0 Å². The average molecular weight is 199 g/mol. The van der Waals surface area contributed by atoms with Crippen molar-refractivity contribution in [2.45, 2.75) is 27.2 Å². The smallest absolute Gasteiger partial charge is 0.386 e. The fraction of sp³-hybridized carbons (Fsp3) is 0.625. The molecule has 78 valence electrons. The molecule has 1 rings (SSSR count). The highest BCUT2D eigenvalue weighted by Crippen LogP contribution is 1.91. The Bertz CT molecular complexity index is 391. The summed E-state index contributed by atoms with van der Waals surface area (Å²) in [7, 11) is 0. The Morgan fingerprint density at radius 1 is 1.50 bits per heavy atom. The van der Waals surface area contributed by atoms with Crippen molar-refractivity contribution in [1.29, 1.82) is 0 Å². The summed E-state index contributed by atoms with van der Waals surface area (Å²) in [4.78, 5) is 27.5. The van der Waals surface area contributed by atoms with Gasteiger partial charge in [0.1, 0.15) is 6.61 Å². The lowest BCUT2D eigenvalue weighted by Gasteiger charge is -2.01. The van der Waals surface area contributed by atoms with Gasteiger partial charge in [0.25, 0.3) is 0 Å². The van der Waals surface area contributed by atoms with Gasteiger partial charge in [-0.05, 0) is 6.92 Å². The van der Waals surface area contributed by atoms with Gasteiger partial charge >= 0.3 is 5.69 Å². The fourth-order valence-corrected chi connectivity index (χ4v) is 1.07. The van der Waals surface area contributed by atoms with Gasteiger partial charge in [-0.25, -0.2) is 4.79 Å². The van der Waals surface area contributed by atoms with E-state index in [1.165, 1.54) is 6.92 Å². The third-order valence-corrected chi connectivity index (χ3v) is 1.68. The summed E-state index contributed by atoms with van der Waals surface area (Å²) >= 11 is 0. The fourth-order valence-electron chi connectivity index (χ4n) is 1.07. The Morgan fingerprint density at radius 2 is 2.14 bits per heavy atom. The third kappa shape index (κ3) is 1.68. The van der Waals surface area contributed by atoms with Crippen LogP contribution in [-0.4, -0.2) is 27.0 Å². The van der Waals surface area contributed by atoms with E-state index in [1.54, 1.807) is 6.92 Å². The molecule has 0 N–H and O–H groups in total. The van der Waals surface area contributed by atoms with Gasteiger partial charge in [0, 0.05) is 13.3 Å². The van der Waals surface area contributed by atoms with Crippen molar-refractivity contribution in [3.05, 3.63) is 16.3 Å². The summed E-state index contributed by atoms with van der Waals surface area (Å²) in [6, 6.07) is 0. The molecule has 0 amide bonds. The van der Waals surface area contributed by atoms with E-state index in [1.807, 2.05) is 6.92 Å². The molecule has 0 spiro atoms. The van der Waals surface area contributed by atoms with Crippen molar-refractivity contribution in [2.75, 3.05) is 6.61 Å². The Labute approximate surface area is 81.0 Å². The zero-order valence-corrected chi connectivity index (χ0v) is 8.48.